The summed E-state index contributed by atoms with van der Waals surface area (Å²) in [5.41, 5.74) is 4.68. The van der Waals surface area contributed by atoms with Crippen LogP contribution in [0, 0.1) is 7.43 Å². The number of sulfone groups is 1. The van der Waals surface area contributed by atoms with Crippen LogP contribution in [0.1, 0.15) is 6.42 Å². The third-order valence-electron chi connectivity index (χ3n) is 7.00. The number of pyridine rings is 1. The third-order valence-corrected chi connectivity index (χ3v) is 8.85. The van der Waals surface area contributed by atoms with Crippen LogP contribution in [0.15, 0.2) is 102 Å². The van der Waals surface area contributed by atoms with E-state index in [1.807, 2.05) is 104 Å². The number of halogens is 1. The molecule has 0 bridgehead atoms. The molecule has 0 fully saturated rings. The fourth-order valence-corrected chi connectivity index (χ4v) is 6.77. The second-order valence-corrected chi connectivity index (χ2v) is 11.7. The first-order valence-electron chi connectivity index (χ1n) is 12.8. The van der Waals surface area contributed by atoms with Gasteiger partial charge >= 0.3 is 28.2 Å². The predicted octanol–water partition coefficient (Wildman–Crippen LogP) is 7.47. The number of para-hydroxylation sites is 3. The monoisotopic (exact) mass is 765 g/mol. The Balaban J connectivity index is 0.00000126. The molecule has 0 atom stereocenters. The number of anilines is 1. The van der Waals surface area contributed by atoms with Crippen molar-refractivity contribution in [3.8, 4) is 11.4 Å². The predicted molar refractivity (Wildman–Crippen MR) is 168 cm³/mol. The van der Waals surface area contributed by atoms with Crippen LogP contribution in [-0.2, 0) is 35.2 Å². The van der Waals surface area contributed by atoms with Crippen molar-refractivity contribution in [3.05, 3.63) is 105 Å². The molecular weight excluding hydrogens is 735 g/mol. The van der Waals surface area contributed by atoms with E-state index >= 15 is 0 Å². The molecule has 0 unspecified atom stereocenters. The molecule has 0 aliphatic rings. The average Bonchev–Trinajstić information content (AvgIpc) is 3.35. The van der Waals surface area contributed by atoms with Crippen LogP contribution in [0.5, 0.6) is 0 Å². The molecule has 2 aromatic heterocycles. The van der Waals surface area contributed by atoms with Gasteiger partial charge in [-0.05, 0) is 42.8 Å². The molecule has 0 aliphatic heterocycles. The van der Waals surface area contributed by atoms with E-state index in [9.17, 15) is 8.42 Å². The SMILES string of the molecule is CN(C)c1cccc2c(S(=O)(=O)CCCn3c(-c4cccc5cccnc45)nc4ccccc43)cccc12.[CH3-].[Cl][Pt+]. The summed E-state index contributed by atoms with van der Waals surface area (Å²) in [6.45, 7) is 0.520. The normalized spacial score (nSPS) is 11.2. The summed E-state index contributed by atoms with van der Waals surface area (Å²) in [6.07, 6.45) is 2.24. The minimum absolute atomic E-state index is 0. The van der Waals surface area contributed by atoms with Gasteiger partial charge in [-0.25, -0.2) is 13.4 Å². The maximum atomic E-state index is 13.6. The van der Waals surface area contributed by atoms with E-state index in [2.05, 4.69) is 19.0 Å². The zero-order chi connectivity index (χ0) is 28.3. The first-order chi connectivity index (χ1) is 19.4. The topological polar surface area (TPSA) is 68.1 Å². The van der Waals surface area contributed by atoms with Crippen molar-refractivity contribution in [1.82, 2.24) is 14.5 Å². The molecule has 6 nitrogen and oxygen atoms in total. The molecule has 0 spiro atoms. The van der Waals surface area contributed by atoms with Gasteiger partial charge in [-0.15, -0.1) is 0 Å². The van der Waals surface area contributed by atoms with E-state index in [-0.39, 0.29) is 13.2 Å². The Morgan fingerprint density at radius 1 is 0.854 bits per heavy atom. The summed E-state index contributed by atoms with van der Waals surface area (Å²) in [6, 6.07) is 29.4. The second-order valence-electron chi connectivity index (χ2n) is 9.65. The van der Waals surface area contributed by atoms with Crippen LogP contribution in [0.3, 0.4) is 0 Å². The first-order valence-corrected chi connectivity index (χ1v) is 17.2. The molecule has 0 radical (unpaired) electrons. The molecule has 9 heteroatoms. The van der Waals surface area contributed by atoms with Crippen molar-refractivity contribution >= 4 is 57.7 Å². The number of imidazole rings is 1. The summed E-state index contributed by atoms with van der Waals surface area (Å²) in [7, 11) is 5.03. The molecule has 2 heterocycles. The summed E-state index contributed by atoms with van der Waals surface area (Å²) < 4.78 is 29.3. The van der Waals surface area contributed by atoms with Crippen LogP contribution in [0.2, 0.25) is 0 Å². The van der Waals surface area contributed by atoms with E-state index in [4.69, 9.17) is 4.98 Å². The Morgan fingerprint density at radius 3 is 2.37 bits per heavy atom. The van der Waals surface area contributed by atoms with Crippen molar-refractivity contribution < 1.29 is 27.2 Å². The van der Waals surface area contributed by atoms with E-state index in [1.165, 1.54) is 0 Å². The van der Waals surface area contributed by atoms with Crippen molar-refractivity contribution in [1.29, 1.82) is 0 Å². The zero-order valence-electron chi connectivity index (χ0n) is 23.1. The zero-order valence-corrected chi connectivity index (χ0v) is 26.9. The standard InChI is InChI=1S/C31H28N4O2S.CH3.ClH.Pt/c1-34(2)27-17-6-13-24-23(27)12-7-18-29(24)38(36,37)21-9-20-35-28-16-4-3-15-26(28)33-31(35)25-14-5-10-22-11-8-19-32-30(22)25;;;/h3-8,10-19H,9,20-21H2,1-2H3;1H3;1H;/q;-1;;+2/p-1. The summed E-state index contributed by atoms with van der Waals surface area (Å²) >= 11 is 1.61. The number of fused-ring (bicyclic) bond motifs is 3. The molecule has 6 aromatic rings. The van der Waals surface area contributed by atoms with Gasteiger partial charge in [-0.2, -0.15) is 0 Å². The van der Waals surface area contributed by atoms with Gasteiger partial charge in [0.2, 0.25) is 0 Å². The summed E-state index contributed by atoms with van der Waals surface area (Å²) in [5, 5.41) is 2.73. The number of benzene rings is 4. The van der Waals surface area contributed by atoms with Crippen LogP contribution in [0.25, 0.3) is 44.1 Å². The fourth-order valence-electron chi connectivity index (χ4n) is 5.24. The quantitative estimate of drug-likeness (QED) is 0.158. The second kappa shape index (κ2) is 13.2. The molecule has 214 valence electrons. The first kappa shape index (κ1) is 30.7. The van der Waals surface area contributed by atoms with E-state index in [0.717, 1.165) is 49.8 Å². The number of hydrogen-bond donors (Lipinski definition) is 0. The van der Waals surface area contributed by atoms with Crippen molar-refractivity contribution in [2.75, 3.05) is 24.7 Å². The van der Waals surface area contributed by atoms with Gasteiger partial charge in [-0.3, -0.25) is 4.98 Å². The van der Waals surface area contributed by atoms with Gasteiger partial charge in [0.05, 0.1) is 27.2 Å². The number of rotatable bonds is 7. The van der Waals surface area contributed by atoms with Crippen LogP contribution >= 0.6 is 9.42 Å². The molecule has 0 saturated heterocycles. The van der Waals surface area contributed by atoms with Crippen molar-refractivity contribution in [3.63, 3.8) is 0 Å². The van der Waals surface area contributed by atoms with E-state index in [0.29, 0.717) is 17.9 Å². The van der Waals surface area contributed by atoms with E-state index < -0.39 is 9.84 Å². The Labute approximate surface area is 256 Å². The molecule has 0 saturated carbocycles. The number of aryl methyl sites for hydroxylation is 1. The fraction of sp³-hybridized carbons (Fsp3) is 0.156. The Hall–Kier alpha value is -3.25. The Morgan fingerprint density at radius 2 is 1.56 bits per heavy atom. The summed E-state index contributed by atoms with van der Waals surface area (Å²) in [5.74, 6) is 0.839. The molecule has 6 rings (SSSR count). The Kier molecular flexibility index (Phi) is 9.85. The molecule has 0 amide bonds. The van der Waals surface area contributed by atoms with Gasteiger partial charge in [0.25, 0.3) is 0 Å². The molecular formula is C32H31ClN4O2PtS. The van der Waals surface area contributed by atoms with Gasteiger partial charge < -0.3 is 16.9 Å². The van der Waals surface area contributed by atoms with Crippen molar-refractivity contribution in [2.45, 2.75) is 17.9 Å². The summed E-state index contributed by atoms with van der Waals surface area (Å²) in [4.78, 5) is 12.0. The van der Waals surface area contributed by atoms with Gasteiger partial charge in [0.15, 0.2) is 9.84 Å². The Bertz CT molecular complexity index is 1920. The minimum atomic E-state index is -3.51. The number of nitrogens with zero attached hydrogens (tertiary/aromatic N) is 4. The molecule has 41 heavy (non-hydrogen) atoms. The number of hydrogen-bond acceptors (Lipinski definition) is 5. The van der Waals surface area contributed by atoms with Gasteiger partial charge in [0.1, 0.15) is 5.82 Å². The van der Waals surface area contributed by atoms with Gasteiger partial charge in [-0.1, -0.05) is 54.6 Å². The third kappa shape index (κ3) is 6.03. The molecule has 0 N–H and O–H groups in total. The van der Waals surface area contributed by atoms with Gasteiger partial charge in [0, 0.05) is 54.2 Å². The van der Waals surface area contributed by atoms with Crippen molar-refractivity contribution in [2.24, 2.45) is 0 Å². The molecule has 0 aliphatic carbocycles. The maximum absolute atomic E-state index is 13.6. The van der Waals surface area contributed by atoms with Crippen LogP contribution in [0.4, 0.5) is 5.69 Å². The van der Waals surface area contributed by atoms with E-state index in [1.54, 1.807) is 31.0 Å². The van der Waals surface area contributed by atoms with Crippen LogP contribution in [-0.4, -0.2) is 42.8 Å². The van der Waals surface area contributed by atoms with Crippen LogP contribution < -0.4 is 4.90 Å². The molecule has 4 aromatic carbocycles. The number of aromatic nitrogens is 3. The average molecular weight is 766 g/mol.